The number of benzene rings is 1. The van der Waals surface area contributed by atoms with Gasteiger partial charge in [0.15, 0.2) is 0 Å². The maximum Gasteiger partial charge on any atom is 0.136 e. The van der Waals surface area contributed by atoms with E-state index in [9.17, 15) is 9.90 Å². The van der Waals surface area contributed by atoms with E-state index in [2.05, 4.69) is 36.1 Å². The SMILES string of the molecule is CCCCC(O)Cc1ccc([C@H]2CCC(=O)C2CCCCCCCOO)cc1. The molecule has 0 aromatic heterocycles. The number of Topliss-reactive ketones (excluding diaryl/α,β-unsaturated/α-hetero) is 1. The Morgan fingerprint density at radius 2 is 1.79 bits per heavy atom. The fourth-order valence-electron chi connectivity index (χ4n) is 4.45. The number of hydrogen-bond acceptors (Lipinski definition) is 4. The van der Waals surface area contributed by atoms with Crippen molar-refractivity contribution >= 4 is 5.78 Å². The largest absolute Gasteiger partial charge is 0.393 e. The van der Waals surface area contributed by atoms with E-state index in [1.165, 1.54) is 11.1 Å². The summed E-state index contributed by atoms with van der Waals surface area (Å²) in [6.45, 7) is 2.56. The molecule has 0 amide bonds. The van der Waals surface area contributed by atoms with Gasteiger partial charge in [0, 0.05) is 12.3 Å². The fraction of sp³-hybridized carbons (Fsp3) is 0.708. The van der Waals surface area contributed by atoms with Crippen molar-refractivity contribution in [2.45, 2.75) is 96.0 Å². The maximum absolute atomic E-state index is 12.4. The van der Waals surface area contributed by atoms with E-state index >= 15 is 0 Å². The molecular weight excluding hydrogens is 352 g/mol. The molecule has 2 unspecified atom stereocenters. The lowest BCUT2D eigenvalue weighted by molar-refractivity contribution is -0.242. The molecule has 1 aromatic carbocycles. The standard InChI is InChI=1S/C24H38O4/c1-2-3-9-21(25)18-19-11-13-20(14-12-19)22-15-16-24(26)23(22)10-7-5-4-6-8-17-28-27/h11-14,21-23,25,27H,2-10,15-18H2,1H3/t21?,22-,23?/m1/s1. The number of carbonyl (C=O) groups is 1. The number of rotatable bonds is 14. The number of carbonyl (C=O) groups excluding carboxylic acids is 1. The molecule has 0 aliphatic heterocycles. The molecule has 1 saturated carbocycles. The topological polar surface area (TPSA) is 66.8 Å². The van der Waals surface area contributed by atoms with Gasteiger partial charge in [-0.25, -0.2) is 4.89 Å². The average Bonchev–Trinajstić information content (AvgIpc) is 3.07. The van der Waals surface area contributed by atoms with Gasteiger partial charge in [0.1, 0.15) is 5.78 Å². The fourth-order valence-corrected chi connectivity index (χ4v) is 4.45. The first-order valence-electron chi connectivity index (χ1n) is 11.2. The Bertz CT molecular complexity index is 554. The minimum Gasteiger partial charge on any atom is -0.393 e. The zero-order chi connectivity index (χ0) is 20.2. The quantitative estimate of drug-likeness (QED) is 0.244. The highest BCUT2D eigenvalue weighted by atomic mass is 17.1. The molecule has 1 aromatic rings. The van der Waals surface area contributed by atoms with Crippen molar-refractivity contribution in [3.05, 3.63) is 35.4 Å². The molecule has 0 spiro atoms. The van der Waals surface area contributed by atoms with Gasteiger partial charge in [0.25, 0.3) is 0 Å². The third kappa shape index (κ3) is 7.65. The number of unbranched alkanes of at least 4 members (excludes halogenated alkanes) is 5. The van der Waals surface area contributed by atoms with Gasteiger partial charge in [-0.3, -0.25) is 10.1 Å². The van der Waals surface area contributed by atoms with Crippen molar-refractivity contribution in [3.63, 3.8) is 0 Å². The van der Waals surface area contributed by atoms with E-state index in [1.54, 1.807) is 0 Å². The summed E-state index contributed by atoms with van der Waals surface area (Å²) in [5.74, 6) is 0.953. The Labute approximate surface area is 170 Å². The Hall–Kier alpha value is -1.23. The van der Waals surface area contributed by atoms with E-state index in [0.29, 0.717) is 31.1 Å². The van der Waals surface area contributed by atoms with Gasteiger partial charge in [-0.2, -0.15) is 0 Å². The maximum atomic E-state index is 12.4. The highest BCUT2D eigenvalue weighted by Gasteiger charge is 2.34. The van der Waals surface area contributed by atoms with Crippen LogP contribution in [0.25, 0.3) is 0 Å². The summed E-state index contributed by atoms with van der Waals surface area (Å²) in [6.07, 6.45) is 11.5. The molecule has 1 fully saturated rings. The summed E-state index contributed by atoms with van der Waals surface area (Å²) in [5.41, 5.74) is 2.46. The summed E-state index contributed by atoms with van der Waals surface area (Å²) in [6, 6.07) is 8.61. The van der Waals surface area contributed by atoms with Crippen molar-refractivity contribution in [2.24, 2.45) is 5.92 Å². The van der Waals surface area contributed by atoms with Gasteiger partial charge < -0.3 is 5.11 Å². The molecular formula is C24H38O4. The predicted octanol–water partition coefficient (Wildman–Crippen LogP) is 5.67. The average molecular weight is 391 g/mol. The lowest BCUT2D eigenvalue weighted by Gasteiger charge is -2.19. The van der Waals surface area contributed by atoms with Crippen LogP contribution in [0, 0.1) is 5.92 Å². The van der Waals surface area contributed by atoms with Crippen LogP contribution in [-0.4, -0.2) is 28.9 Å². The number of aliphatic hydroxyl groups is 1. The van der Waals surface area contributed by atoms with Gasteiger partial charge in [-0.15, -0.1) is 0 Å². The van der Waals surface area contributed by atoms with Gasteiger partial charge in [0.2, 0.25) is 0 Å². The third-order valence-corrected chi connectivity index (χ3v) is 6.12. The van der Waals surface area contributed by atoms with Crippen LogP contribution in [0.5, 0.6) is 0 Å². The van der Waals surface area contributed by atoms with E-state index in [-0.39, 0.29) is 12.0 Å². The van der Waals surface area contributed by atoms with Crippen LogP contribution in [0.4, 0.5) is 0 Å². The van der Waals surface area contributed by atoms with Crippen molar-refractivity contribution in [1.29, 1.82) is 0 Å². The van der Waals surface area contributed by atoms with Crippen LogP contribution >= 0.6 is 0 Å². The normalized spacial score (nSPS) is 20.6. The second-order valence-corrected chi connectivity index (χ2v) is 8.35. The third-order valence-electron chi connectivity index (χ3n) is 6.12. The van der Waals surface area contributed by atoms with Crippen molar-refractivity contribution in [1.82, 2.24) is 0 Å². The monoisotopic (exact) mass is 390 g/mol. The molecule has 0 radical (unpaired) electrons. The van der Waals surface area contributed by atoms with Gasteiger partial charge in [-0.05, 0) is 49.1 Å². The first kappa shape index (κ1) is 23.1. The smallest absolute Gasteiger partial charge is 0.136 e. The molecule has 0 saturated heterocycles. The van der Waals surface area contributed by atoms with Crippen LogP contribution in [0.15, 0.2) is 24.3 Å². The Morgan fingerprint density at radius 3 is 2.50 bits per heavy atom. The second kappa shape index (κ2) is 13.1. The van der Waals surface area contributed by atoms with E-state index < -0.39 is 0 Å². The van der Waals surface area contributed by atoms with Crippen molar-refractivity contribution < 1.29 is 20.0 Å². The predicted molar refractivity (Wildman–Crippen MR) is 112 cm³/mol. The number of hydrogen-bond donors (Lipinski definition) is 2. The minimum atomic E-state index is -0.254. The number of aliphatic hydroxyl groups excluding tert-OH is 1. The van der Waals surface area contributed by atoms with Crippen LogP contribution in [0.3, 0.4) is 0 Å². The summed E-state index contributed by atoms with van der Waals surface area (Å²) in [5, 5.41) is 18.4. The summed E-state index contributed by atoms with van der Waals surface area (Å²) in [4.78, 5) is 16.5. The lowest BCUT2D eigenvalue weighted by atomic mass is 9.84. The van der Waals surface area contributed by atoms with Crippen molar-refractivity contribution in [2.75, 3.05) is 6.61 Å². The van der Waals surface area contributed by atoms with Crippen LogP contribution in [0.1, 0.15) is 94.6 Å². The van der Waals surface area contributed by atoms with Crippen LogP contribution < -0.4 is 0 Å². The molecule has 0 bridgehead atoms. The summed E-state index contributed by atoms with van der Waals surface area (Å²) < 4.78 is 0. The molecule has 3 atom stereocenters. The highest BCUT2D eigenvalue weighted by molar-refractivity contribution is 5.84. The van der Waals surface area contributed by atoms with Crippen molar-refractivity contribution in [3.8, 4) is 0 Å². The minimum absolute atomic E-state index is 0.168. The number of ketones is 1. The van der Waals surface area contributed by atoms with E-state index in [0.717, 1.165) is 64.2 Å². The lowest BCUT2D eigenvalue weighted by Crippen LogP contribution is -2.14. The van der Waals surface area contributed by atoms with Crippen LogP contribution in [-0.2, 0) is 16.1 Å². The zero-order valence-electron chi connectivity index (χ0n) is 17.4. The summed E-state index contributed by atoms with van der Waals surface area (Å²) >= 11 is 0. The molecule has 2 N–H and O–H groups in total. The molecule has 28 heavy (non-hydrogen) atoms. The molecule has 1 aliphatic carbocycles. The zero-order valence-corrected chi connectivity index (χ0v) is 17.4. The van der Waals surface area contributed by atoms with Gasteiger partial charge >= 0.3 is 0 Å². The second-order valence-electron chi connectivity index (χ2n) is 8.35. The summed E-state index contributed by atoms with van der Waals surface area (Å²) in [7, 11) is 0. The van der Waals surface area contributed by atoms with E-state index in [1.807, 2.05) is 0 Å². The molecule has 158 valence electrons. The Kier molecular flexibility index (Phi) is 10.8. The first-order valence-corrected chi connectivity index (χ1v) is 11.2. The van der Waals surface area contributed by atoms with Gasteiger partial charge in [0.05, 0.1) is 12.7 Å². The molecule has 0 heterocycles. The Balaban J connectivity index is 1.81. The molecule has 1 aliphatic rings. The first-order chi connectivity index (χ1) is 13.7. The van der Waals surface area contributed by atoms with Crippen LogP contribution in [0.2, 0.25) is 0 Å². The molecule has 4 nitrogen and oxygen atoms in total. The Morgan fingerprint density at radius 1 is 1.07 bits per heavy atom. The van der Waals surface area contributed by atoms with E-state index in [4.69, 9.17) is 5.26 Å². The molecule has 2 rings (SSSR count). The molecule has 4 heteroatoms. The van der Waals surface area contributed by atoms with Gasteiger partial charge in [-0.1, -0.05) is 69.7 Å². The highest BCUT2D eigenvalue weighted by Crippen LogP contribution is 2.40.